The second-order valence-electron chi connectivity index (χ2n) is 10.0. The summed E-state index contributed by atoms with van der Waals surface area (Å²) < 4.78 is 29.4. The summed E-state index contributed by atoms with van der Waals surface area (Å²) in [4.78, 5) is 15.1. The van der Waals surface area contributed by atoms with Crippen LogP contribution in [0.4, 0.5) is 17.1 Å². The molecular formula is C32H31BrN4O3S. The van der Waals surface area contributed by atoms with Crippen LogP contribution in [0.25, 0.3) is 11.3 Å². The molecule has 1 aliphatic heterocycles. The molecule has 7 nitrogen and oxygen atoms in total. The summed E-state index contributed by atoms with van der Waals surface area (Å²) >= 11 is 3.48. The number of hydrogen-bond donors (Lipinski definition) is 2. The van der Waals surface area contributed by atoms with E-state index < -0.39 is 10.0 Å². The third-order valence-electron chi connectivity index (χ3n) is 6.74. The van der Waals surface area contributed by atoms with E-state index in [0.29, 0.717) is 30.0 Å². The summed E-state index contributed by atoms with van der Waals surface area (Å²) in [5.74, 6) is -0.279. The maximum atomic E-state index is 13.5. The SMILES string of the molecule is CN(C)CCN(c1ccc(NC(=C2C(=O)Nc3cc(Br)ccc32)c2ccccc2)cc1)S(=O)(=O)Cc1ccccc1. The van der Waals surface area contributed by atoms with Crippen molar-refractivity contribution in [2.45, 2.75) is 5.75 Å². The highest BCUT2D eigenvalue weighted by molar-refractivity contribution is 9.10. The molecule has 0 atom stereocenters. The molecule has 4 aromatic rings. The Hall–Kier alpha value is -3.92. The molecule has 0 aliphatic carbocycles. The van der Waals surface area contributed by atoms with Gasteiger partial charge in [0, 0.05) is 28.8 Å². The number of nitrogens with one attached hydrogen (secondary N) is 2. The van der Waals surface area contributed by atoms with Gasteiger partial charge in [-0.2, -0.15) is 0 Å². The van der Waals surface area contributed by atoms with Crippen molar-refractivity contribution in [2.24, 2.45) is 0 Å². The normalized spacial score (nSPS) is 14.0. The maximum Gasteiger partial charge on any atom is 0.258 e. The van der Waals surface area contributed by atoms with E-state index in [1.54, 1.807) is 12.1 Å². The summed E-state index contributed by atoms with van der Waals surface area (Å²) in [5.41, 5.74) is 5.66. The predicted octanol–water partition coefficient (Wildman–Crippen LogP) is 6.28. The number of nitrogens with zero attached hydrogens (tertiary/aromatic N) is 2. The van der Waals surface area contributed by atoms with Crippen molar-refractivity contribution in [1.29, 1.82) is 0 Å². The second-order valence-corrected chi connectivity index (χ2v) is 12.9. The third kappa shape index (κ3) is 6.70. The molecule has 1 amide bonds. The number of fused-ring (bicyclic) bond motifs is 1. The summed E-state index contributed by atoms with van der Waals surface area (Å²) in [6.45, 7) is 0.893. The summed E-state index contributed by atoms with van der Waals surface area (Å²) in [6, 6.07) is 31.9. The highest BCUT2D eigenvalue weighted by atomic mass is 79.9. The highest BCUT2D eigenvalue weighted by Crippen LogP contribution is 2.39. The number of likely N-dealkylation sites (N-methyl/N-ethyl adjacent to an activating group) is 1. The molecule has 9 heteroatoms. The number of halogens is 1. The zero-order valence-electron chi connectivity index (χ0n) is 22.8. The predicted molar refractivity (Wildman–Crippen MR) is 171 cm³/mol. The Balaban J connectivity index is 1.49. The van der Waals surface area contributed by atoms with Crippen molar-refractivity contribution >= 4 is 60.2 Å². The minimum Gasteiger partial charge on any atom is -0.354 e. The average Bonchev–Trinajstić information content (AvgIpc) is 3.27. The Morgan fingerprint density at radius 2 is 1.51 bits per heavy atom. The highest BCUT2D eigenvalue weighted by Gasteiger charge is 2.29. The molecule has 2 N–H and O–H groups in total. The van der Waals surface area contributed by atoms with Crippen LogP contribution in [-0.2, 0) is 20.6 Å². The summed E-state index contributed by atoms with van der Waals surface area (Å²) in [7, 11) is 0.200. The van der Waals surface area contributed by atoms with Gasteiger partial charge in [0.1, 0.15) is 0 Å². The number of rotatable bonds is 10. The molecule has 0 fully saturated rings. The van der Waals surface area contributed by atoms with Crippen LogP contribution in [0.2, 0.25) is 0 Å². The Kier molecular flexibility index (Phi) is 8.58. The quantitative estimate of drug-likeness (QED) is 0.202. The van der Waals surface area contributed by atoms with E-state index in [-0.39, 0.29) is 11.7 Å². The smallest absolute Gasteiger partial charge is 0.258 e. The van der Waals surface area contributed by atoms with E-state index in [0.717, 1.165) is 32.5 Å². The Morgan fingerprint density at radius 1 is 0.854 bits per heavy atom. The van der Waals surface area contributed by atoms with Gasteiger partial charge in [-0.1, -0.05) is 82.7 Å². The van der Waals surface area contributed by atoms with Gasteiger partial charge in [0.25, 0.3) is 5.91 Å². The van der Waals surface area contributed by atoms with Crippen LogP contribution in [0.5, 0.6) is 0 Å². The Bertz CT molecular complexity index is 1670. The zero-order valence-corrected chi connectivity index (χ0v) is 25.2. The van der Waals surface area contributed by atoms with Crippen LogP contribution in [0.15, 0.2) is 108 Å². The minimum atomic E-state index is -3.64. The molecule has 0 bridgehead atoms. The molecule has 0 saturated carbocycles. The lowest BCUT2D eigenvalue weighted by Crippen LogP contribution is -2.37. The standard InChI is InChI=1S/C32H31BrN4O3S/c1-36(2)19-20-37(41(39,40)22-23-9-5-3-6-10-23)27-16-14-26(15-17-27)34-31(24-11-7-4-8-12-24)30-28-18-13-25(33)21-29(28)35-32(30)38/h3-18,21,34H,19-20,22H2,1-2H3,(H,35,38). The first-order valence-electron chi connectivity index (χ1n) is 13.2. The molecule has 5 rings (SSSR count). The van der Waals surface area contributed by atoms with Crippen molar-refractivity contribution in [2.75, 3.05) is 42.1 Å². The van der Waals surface area contributed by atoms with Crippen LogP contribution >= 0.6 is 15.9 Å². The number of amides is 1. The largest absolute Gasteiger partial charge is 0.354 e. The summed E-state index contributed by atoms with van der Waals surface area (Å²) in [5, 5.41) is 6.41. The van der Waals surface area contributed by atoms with Gasteiger partial charge < -0.3 is 15.5 Å². The molecule has 0 spiro atoms. The van der Waals surface area contributed by atoms with Crippen LogP contribution in [0.3, 0.4) is 0 Å². The van der Waals surface area contributed by atoms with Gasteiger partial charge in [0.15, 0.2) is 0 Å². The number of carbonyl (C=O) groups excluding carboxylic acids is 1. The average molecular weight is 632 g/mol. The monoisotopic (exact) mass is 630 g/mol. The topological polar surface area (TPSA) is 81.8 Å². The Labute approximate surface area is 249 Å². The van der Waals surface area contributed by atoms with Gasteiger partial charge in [0.05, 0.1) is 28.4 Å². The summed E-state index contributed by atoms with van der Waals surface area (Å²) in [6.07, 6.45) is 0. The van der Waals surface area contributed by atoms with Crippen molar-refractivity contribution in [3.8, 4) is 0 Å². The van der Waals surface area contributed by atoms with E-state index in [1.165, 1.54) is 4.31 Å². The molecule has 1 aliphatic rings. The van der Waals surface area contributed by atoms with Crippen LogP contribution in [-0.4, -0.2) is 46.4 Å². The molecule has 0 aromatic heterocycles. The first-order chi connectivity index (χ1) is 19.7. The molecule has 210 valence electrons. The van der Waals surface area contributed by atoms with Gasteiger partial charge in [-0.25, -0.2) is 8.42 Å². The lowest BCUT2D eigenvalue weighted by atomic mass is 10.00. The molecule has 1 heterocycles. The van der Waals surface area contributed by atoms with Crippen LogP contribution in [0, 0.1) is 0 Å². The Morgan fingerprint density at radius 3 is 2.17 bits per heavy atom. The van der Waals surface area contributed by atoms with Crippen molar-refractivity contribution in [1.82, 2.24) is 4.90 Å². The number of anilines is 3. The van der Waals surface area contributed by atoms with E-state index in [9.17, 15) is 13.2 Å². The number of benzene rings is 4. The fraction of sp³-hybridized carbons (Fsp3) is 0.156. The fourth-order valence-electron chi connectivity index (χ4n) is 4.71. The van der Waals surface area contributed by atoms with E-state index in [4.69, 9.17) is 0 Å². The third-order valence-corrected chi connectivity index (χ3v) is 9.00. The van der Waals surface area contributed by atoms with Crippen LogP contribution in [0.1, 0.15) is 16.7 Å². The van der Waals surface area contributed by atoms with Gasteiger partial charge >= 0.3 is 0 Å². The first kappa shape index (κ1) is 28.6. The number of sulfonamides is 1. The molecular weight excluding hydrogens is 600 g/mol. The maximum absolute atomic E-state index is 13.5. The fourth-order valence-corrected chi connectivity index (χ4v) is 6.65. The van der Waals surface area contributed by atoms with E-state index in [1.807, 2.05) is 110 Å². The number of carbonyl (C=O) groups is 1. The van der Waals surface area contributed by atoms with E-state index >= 15 is 0 Å². The molecule has 41 heavy (non-hydrogen) atoms. The van der Waals surface area contributed by atoms with Crippen molar-refractivity contribution in [3.05, 3.63) is 124 Å². The van der Waals surface area contributed by atoms with Gasteiger partial charge in [-0.3, -0.25) is 9.10 Å². The molecule has 0 radical (unpaired) electrons. The van der Waals surface area contributed by atoms with Gasteiger partial charge in [-0.15, -0.1) is 0 Å². The van der Waals surface area contributed by atoms with Gasteiger partial charge in [0.2, 0.25) is 10.0 Å². The number of hydrogen-bond acceptors (Lipinski definition) is 5. The van der Waals surface area contributed by atoms with Gasteiger partial charge in [-0.05, 0) is 61.6 Å². The first-order valence-corrected chi connectivity index (χ1v) is 15.6. The van der Waals surface area contributed by atoms with Crippen LogP contribution < -0.4 is 14.9 Å². The zero-order chi connectivity index (χ0) is 29.0. The second kappa shape index (κ2) is 12.3. The lowest BCUT2D eigenvalue weighted by molar-refractivity contribution is -0.110. The van der Waals surface area contributed by atoms with E-state index in [2.05, 4.69) is 26.6 Å². The lowest BCUT2D eigenvalue weighted by Gasteiger charge is -2.26. The molecule has 4 aromatic carbocycles. The molecule has 0 unspecified atom stereocenters. The van der Waals surface area contributed by atoms with Crippen molar-refractivity contribution < 1.29 is 13.2 Å². The van der Waals surface area contributed by atoms with Crippen molar-refractivity contribution in [3.63, 3.8) is 0 Å². The minimum absolute atomic E-state index is 0.0871. The molecule has 0 saturated heterocycles.